The summed E-state index contributed by atoms with van der Waals surface area (Å²) in [6.45, 7) is 7.14. The summed E-state index contributed by atoms with van der Waals surface area (Å²) in [5, 5.41) is 11.9. The first-order valence-electron chi connectivity index (χ1n) is 10.7. The van der Waals surface area contributed by atoms with Crippen LogP contribution in [0.5, 0.6) is 0 Å². The van der Waals surface area contributed by atoms with Crippen LogP contribution in [0.1, 0.15) is 68.8 Å². The second-order valence-corrected chi connectivity index (χ2v) is 9.08. The Kier molecular flexibility index (Phi) is 8.26. The van der Waals surface area contributed by atoms with E-state index in [-0.39, 0.29) is 12.0 Å². The van der Waals surface area contributed by atoms with E-state index >= 15 is 0 Å². The number of piperidine rings is 1. The Morgan fingerprint density at radius 1 is 1.27 bits per heavy atom. The van der Waals surface area contributed by atoms with Gasteiger partial charge in [-0.1, -0.05) is 12.1 Å². The van der Waals surface area contributed by atoms with Crippen LogP contribution in [0.2, 0.25) is 0 Å². The molecule has 7 nitrogen and oxygen atoms in total. The molecule has 2 atom stereocenters. The Labute approximate surface area is 179 Å². The minimum atomic E-state index is -1.18. The van der Waals surface area contributed by atoms with E-state index < -0.39 is 17.1 Å². The maximum Gasteiger partial charge on any atom is 0.410 e. The molecular weight excluding hydrogens is 384 g/mol. The van der Waals surface area contributed by atoms with Crippen LogP contribution in [-0.2, 0) is 15.1 Å². The Bertz CT molecular complexity index is 731. The van der Waals surface area contributed by atoms with Crippen molar-refractivity contribution >= 4 is 12.0 Å². The van der Waals surface area contributed by atoms with E-state index in [1.807, 2.05) is 26.8 Å². The maximum absolute atomic E-state index is 12.6. The lowest BCUT2D eigenvalue weighted by atomic mass is 9.74. The van der Waals surface area contributed by atoms with Gasteiger partial charge in [0.25, 0.3) is 0 Å². The molecule has 2 unspecified atom stereocenters. The monoisotopic (exact) mass is 420 g/mol. The number of unbranched alkanes of at least 4 members (excludes halogenated alkanes) is 1. The van der Waals surface area contributed by atoms with Gasteiger partial charge in [0.15, 0.2) is 0 Å². The molecule has 2 amide bonds. The quantitative estimate of drug-likeness (QED) is 0.627. The predicted molar refractivity (Wildman–Crippen MR) is 115 cm³/mol. The lowest BCUT2D eigenvalue weighted by molar-refractivity contribution is -0.0642. The number of likely N-dealkylation sites (tertiary alicyclic amines) is 1. The summed E-state index contributed by atoms with van der Waals surface area (Å²) in [5.41, 5.74) is 4.73. The summed E-state index contributed by atoms with van der Waals surface area (Å²) in [5.74, 6) is -0.706. The van der Waals surface area contributed by atoms with E-state index in [9.17, 15) is 14.7 Å². The van der Waals surface area contributed by atoms with Crippen LogP contribution in [0.25, 0.3) is 0 Å². The number of carbonyl (C=O) groups excluding carboxylic acids is 2. The minimum absolute atomic E-state index is 0.176. The van der Waals surface area contributed by atoms with Crippen molar-refractivity contribution < 1.29 is 24.2 Å². The average Bonchev–Trinajstić information content (AvgIpc) is 2.70. The molecule has 1 aliphatic heterocycles. The van der Waals surface area contributed by atoms with Crippen molar-refractivity contribution in [2.75, 3.05) is 26.8 Å². The van der Waals surface area contributed by atoms with Crippen molar-refractivity contribution in [3.63, 3.8) is 0 Å². The molecule has 0 bridgehead atoms. The van der Waals surface area contributed by atoms with Crippen LogP contribution in [0.4, 0.5) is 4.79 Å². The van der Waals surface area contributed by atoms with E-state index in [2.05, 4.69) is 0 Å². The van der Waals surface area contributed by atoms with Crippen molar-refractivity contribution in [2.24, 2.45) is 11.7 Å². The van der Waals surface area contributed by atoms with Gasteiger partial charge in [-0.3, -0.25) is 4.79 Å². The topological polar surface area (TPSA) is 102 Å². The molecule has 3 N–H and O–H groups in total. The van der Waals surface area contributed by atoms with Gasteiger partial charge in [0.2, 0.25) is 5.91 Å². The number of methoxy groups -OCH3 is 1. The minimum Gasteiger partial charge on any atom is -0.444 e. The molecule has 0 aromatic heterocycles. The number of benzene rings is 1. The van der Waals surface area contributed by atoms with Crippen LogP contribution >= 0.6 is 0 Å². The molecule has 7 heteroatoms. The highest BCUT2D eigenvalue weighted by Crippen LogP contribution is 2.40. The Hall–Kier alpha value is -2.12. The molecule has 30 heavy (non-hydrogen) atoms. The van der Waals surface area contributed by atoms with Crippen molar-refractivity contribution in [3.05, 3.63) is 35.4 Å². The SMILES string of the molecule is COCCCCC(O)(c1cccc(C(N)=O)c1)C1CCCN(C(=O)OC(C)(C)C)C1. The fourth-order valence-corrected chi connectivity index (χ4v) is 4.03. The van der Waals surface area contributed by atoms with Crippen molar-refractivity contribution in [1.29, 1.82) is 0 Å². The molecule has 168 valence electrons. The van der Waals surface area contributed by atoms with Crippen LogP contribution in [0.3, 0.4) is 0 Å². The van der Waals surface area contributed by atoms with E-state index in [1.54, 1.807) is 30.2 Å². The second-order valence-electron chi connectivity index (χ2n) is 9.08. The Morgan fingerprint density at radius 3 is 2.63 bits per heavy atom. The Balaban J connectivity index is 2.28. The van der Waals surface area contributed by atoms with Gasteiger partial charge in [0.1, 0.15) is 5.60 Å². The van der Waals surface area contributed by atoms with Gasteiger partial charge in [-0.05, 0) is 70.6 Å². The van der Waals surface area contributed by atoms with Crippen molar-refractivity contribution in [2.45, 2.75) is 64.1 Å². The molecule has 1 fully saturated rings. The number of hydrogen-bond donors (Lipinski definition) is 2. The molecule has 1 aliphatic rings. The van der Waals surface area contributed by atoms with Crippen LogP contribution in [-0.4, -0.2) is 54.4 Å². The van der Waals surface area contributed by atoms with Crippen molar-refractivity contribution in [3.8, 4) is 0 Å². The summed E-state index contributed by atoms with van der Waals surface area (Å²) in [6.07, 6.45) is 3.27. The van der Waals surface area contributed by atoms with E-state index in [4.69, 9.17) is 15.2 Å². The normalized spacial score (nSPS) is 19.2. The summed E-state index contributed by atoms with van der Waals surface area (Å²) in [4.78, 5) is 26.0. The lowest BCUT2D eigenvalue weighted by Crippen LogP contribution is -2.49. The third-order valence-electron chi connectivity index (χ3n) is 5.55. The van der Waals surface area contributed by atoms with Gasteiger partial charge in [0.05, 0.1) is 5.60 Å². The number of amides is 2. The van der Waals surface area contributed by atoms with Crippen LogP contribution < -0.4 is 5.73 Å². The van der Waals surface area contributed by atoms with Gasteiger partial charge in [-0.25, -0.2) is 4.79 Å². The second kappa shape index (κ2) is 10.3. The number of nitrogens with zero attached hydrogens (tertiary/aromatic N) is 1. The number of carbonyl (C=O) groups is 2. The first-order chi connectivity index (χ1) is 14.1. The predicted octanol–water partition coefficient (Wildman–Crippen LogP) is 3.44. The zero-order valence-corrected chi connectivity index (χ0v) is 18.6. The zero-order chi connectivity index (χ0) is 22.4. The molecule has 2 rings (SSSR count). The average molecular weight is 421 g/mol. The number of ether oxygens (including phenoxy) is 2. The molecule has 0 aliphatic carbocycles. The molecule has 0 spiro atoms. The molecule has 0 radical (unpaired) electrons. The number of primary amides is 1. The van der Waals surface area contributed by atoms with E-state index in [1.165, 1.54) is 0 Å². The summed E-state index contributed by atoms with van der Waals surface area (Å²) >= 11 is 0. The van der Waals surface area contributed by atoms with Gasteiger partial charge in [-0.15, -0.1) is 0 Å². The number of nitrogens with two attached hydrogens (primary N) is 1. The van der Waals surface area contributed by atoms with Gasteiger partial charge >= 0.3 is 6.09 Å². The van der Waals surface area contributed by atoms with E-state index in [0.29, 0.717) is 37.2 Å². The fraction of sp³-hybridized carbons (Fsp3) is 0.652. The maximum atomic E-state index is 12.6. The highest BCUT2D eigenvalue weighted by Gasteiger charge is 2.42. The van der Waals surface area contributed by atoms with Crippen LogP contribution in [0.15, 0.2) is 24.3 Å². The van der Waals surface area contributed by atoms with Gasteiger partial charge in [-0.2, -0.15) is 0 Å². The standard InChI is InChI=1S/C23H36N2O5/c1-22(2,3)30-21(27)25-13-8-11-19(16-25)23(28,12-5-6-14-29-4)18-10-7-9-17(15-18)20(24)26/h7,9-10,15,19,28H,5-6,8,11-14,16H2,1-4H3,(H2,24,26). The van der Waals surface area contributed by atoms with Gasteiger partial charge in [0, 0.05) is 38.3 Å². The largest absolute Gasteiger partial charge is 0.444 e. The van der Waals surface area contributed by atoms with Gasteiger partial charge < -0.3 is 25.2 Å². The summed E-state index contributed by atoms with van der Waals surface area (Å²) in [6, 6.07) is 6.88. The highest BCUT2D eigenvalue weighted by molar-refractivity contribution is 5.92. The molecule has 1 saturated heterocycles. The first kappa shape index (κ1) is 24.2. The molecule has 1 heterocycles. The number of hydrogen-bond acceptors (Lipinski definition) is 5. The van der Waals surface area contributed by atoms with Crippen molar-refractivity contribution in [1.82, 2.24) is 4.90 Å². The molecule has 1 aromatic rings. The number of rotatable bonds is 8. The first-order valence-corrected chi connectivity index (χ1v) is 10.7. The molecule has 0 saturated carbocycles. The summed E-state index contributed by atoms with van der Waals surface area (Å²) < 4.78 is 10.7. The number of aliphatic hydroxyl groups is 1. The molecular formula is C23H36N2O5. The molecule has 1 aromatic carbocycles. The Morgan fingerprint density at radius 2 is 2.00 bits per heavy atom. The lowest BCUT2D eigenvalue weighted by Gasteiger charge is -2.43. The van der Waals surface area contributed by atoms with E-state index in [0.717, 1.165) is 25.7 Å². The smallest absolute Gasteiger partial charge is 0.410 e. The fourth-order valence-electron chi connectivity index (χ4n) is 4.03. The third-order valence-corrected chi connectivity index (χ3v) is 5.55. The summed E-state index contributed by atoms with van der Waals surface area (Å²) in [7, 11) is 1.66. The zero-order valence-electron chi connectivity index (χ0n) is 18.6. The highest BCUT2D eigenvalue weighted by atomic mass is 16.6. The van der Waals surface area contributed by atoms with Crippen LogP contribution in [0, 0.1) is 5.92 Å². The third kappa shape index (κ3) is 6.44.